The summed E-state index contributed by atoms with van der Waals surface area (Å²) in [6, 6.07) is 8.82. The quantitative estimate of drug-likeness (QED) is 0.827. The SMILES string of the molecule is CN(CCNC(CC(F)(F)F)c1ccccc1)C1CC1. The zero-order valence-corrected chi connectivity index (χ0v) is 11.7. The van der Waals surface area contributed by atoms with Gasteiger partial charge in [-0.25, -0.2) is 0 Å². The van der Waals surface area contributed by atoms with Crippen LogP contribution in [0.4, 0.5) is 13.2 Å². The molecule has 1 atom stereocenters. The van der Waals surface area contributed by atoms with Crippen LogP contribution in [0.3, 0.4) is 0 Å². The molecule has 20 heavy (non-hydrogen) atoms. The van der Waals surface area contributed by atoms with Crippen molar-refractivity contribution in [3.63, 3.8) is 0 Å². The van der Waals surface area contributed by atoms with Crippen molar-refractivity contribution >= 4 is 0 Å². The van der Waals surface area contributed by atoms with Crippen molar-refractivity contribution < 1.29 is 13.2 Å². The number of benzene rings is 1. The van der Waals surface area contributed by atoms with Crippen molar-refractivity contribution in [1.82, 2.24) is 10.2 Å². The Morgan fingerprint density at radius 2 is 1.90 bits per heavy atom. The fourth-order valence-electron chi connectivity index (χ4n) is 2.34. The third-order valence-corrected chi connectivity index (χ3v) is 3.66. The number of hydrogen-bond acceptors (Lipinski definition) is 2. The lowest BCUT2D eigenvalue weighted by molar-refractivity contribution is -0.140. The van der Waals surface area contributed by atoms with Crippen LogP contribution in [0.15, 0.2) is 30.3 Å². The minimum absolute atomic E-state index is 0.572. The van der Waals surface area contributed by atoms with Crippen LogP contribution in [0.2, 0.25) is 0 Å². The molecule has 1 saturated carbocycles. The molecule has 2 rings (SSSR count). The van der Waals surface area contributed by atoms with Gasteiger partial charge in [-0.2, -0.15) is 13.2 Å². The second-order valence-corrected chi connectivity index (χ2v) is 5.45. The fourth-order valence-corrected chi connectivity index (χ4v) is 2.34. The molecule has 112 valence electrons. The monoisotopic (exact) mass is 286 g/mol. The summed E-state index contributed by atoms with van der Waals surface area (Å²) < 4.78 is 38.0. The van der Waals surface area contributed by atoms with Gasteiger partial charge in [-0.05, 0) is 25.5 Å². The smallest absolute Gasteiger partial charge is 0.308 e. The maximum absolute atomic E-state index is 12.7. The maximum Gasteiger partial charge on any atom is 0.390 e. The Labute approximate surface area is 118 Å². The average molecular weight is 286 g/mol. The molecule has 0 heterocycles. The molecule has 1 aliphatic rings. The summed E-state index contributed by atoms with van der Waals surface area (Å²) in [4.78, 5) is 2.21. The van der Waals surface area contributed by atoms with Crippen LogP contribution in [-0.4, -0.2) is 37.3 Å². The molecule has 1 fully saturated rings. The number of alkyl halides is 3. The first kappa shape index (κ1) is 15.3. The van der Waals surface area contributed by atoms with Gasteiger partial charge in [-0.1, -0.05) is 30.3 Å². The molecule has 1 aliphatic carbocycles. The van der Waals surface area contributed by atoms with Crippen LogP contribution in [0.25, 0.3) is 0 Å². The number of hydrogen-bond donors (Lipinski definition) is 1. The second kappa shape index (κ2) is 6.59. The first-order chi connectivity index (χ1) is 9.46. The van der Waals surface area contributed by atoms with Crippen molar-refractivity contribution in [1.29, 1.82) is 0 Å². The number of rotatable bonds is 7. The van der Waals surface area contributed by atoms with E-state index in [0.29, 0.717) is 18.2 Å². The third-order valence-electron chi connectivity index (χ3n) is 3.66. The van der Waals surface area contributed by atoms with Gasteiger partial charge in [0.1, 0.15) is 0 Å². The predicted octanol–water partition coefficient (Wildman–Crippen LogP) is 3.36. The minimum atomic E-state index is -4.16. The van der Waals surface area contributed by atoms with Crippen molar-refractivity contribution in [2.24, 2.45) is 0 Å². The fraction of sp³-hybridized carbons (Fsp3) is 0.600. The van der Waals surface area contributed by atoms with Crippen LogP contribution in [0.1, 0.15) is 30.9 Å². The van der Waals surface area contributed by atoms with Gasteiger partial charge in [0, 0.05) is 25.2 Å². The predicted molar refractivity (Wildman–Crippen MR) is 73.5 cm³/mol. The van der Waals surface area contributed by atoms with Crippen molar-refractivity contribution in [3.8, 4) is 0 Å². The molecular weight excluding hydrogens is 265 g/mol. The highest BCUT2D eigenvalue weighted by atomic mass is 19.4. The zero-order chi connectivity index (χ0) is 14.6. The van der Waals surface area contributed by atoms with Crippen LogP contribution >= 0.6 is 0 Å². The zero-order valence-electron chi connectivity index (χ0n) is 11.7. The van der Waals surface area contributed by atoms with E-state index in [-0.39, 0.29) is 0 Å². The molecule has 0 saturated heterocycles. The molecule has 0 aliphatic heterocycles. The normalized spacial score (nSPS) is 17.4. The van der Waals surface area contributed by atoms with E-state index in [9.17, 15) is 13.2 Å². The topological polar surface area (TPSA) is 15.3 Å². The van der Waals surface area contributed by atoms with E-state index in [4.69, 9.17) is 0 Å². The largest absolute Gasteiger partial charge is 0.390 e. The molecule has 2 nitrogen and oxygen atoms in total. The number of nitrogens with one attached hydrogen (secondary N) is 1. The molecule has 0 bridgehead atoms. The Kier molecular flexibility index (Phi) is 5.05. The molecule has 1 N–H and O–H groups in total. The van der Waals surface area contributed by atoms with Crippen molar-refractivity contribution in [3.05, 3.63) is 35.9 Å². The van der Waals surface area contributed by atoms with Gasteiger partial charge in [0.25, 0.3) is 0 Å². The highest BCUT2D eigenvalue weighted by Crippen LogP contribution is 2.29. The minimum Gasteiger partial charge on any atom is -0.308 e. The van der Waals surface area contributed by atoms with E-state index >= 15 is 0 Å². The summed E-state index contributed by atoms with van der Waals surface area (Å²) in [6.07, 6.45) is -2.57. The van der Waals surface area contributed by atoms with E-state index in [1.807, 2.05) is 13.1 Å². The van der Waals surface area contributed by atoms with Gasteiger partial charge in [0.15, 0.2) is 0 Å². The number of likely N-dealkylation sites (N-methyl/N-ethyl adjacent to an activating group) is 1. The summed E-state index contributed by atoms with van der Waals surface area (Å²) in [7, 11) is 2.03. The van der Waals surface area contributed by atoms with Crippen molar-refractivity contribution in [2.45, 2.75) is 37.5 Å². The molecule has 1 aromatic carbocycles. The lowest BCUT2D eigenvalue weighted by Crippen LogP contribution is -2.34. The van der Waals surface area contributed by atoms with E-state index in [1.165, 1.54) is 12.8 Å². The van der Waals surface area contributed by atoms with Crippen LogP contribution in [-0.2, 0) is 0 Å². The third kappa shape index (κ3) is 5.13. The molecule has 0 radical (unpaired) electrons. The Morgan fingerprint density at radius 1 is 1.25 bits per heavy atom. The summed E-state index contributed by atoms with van der Waals surface area (Å²) in [6.45, 7) is 1.36. The maximum atomic E-state index is 12.7. The van der Waals surface area contributed by atoms with E-state index in [1.54, 1.807) is 24.3 Å². The first-order valence-corrected chi connectivity index (χ1v) is 7.01. The Bertz CT molecular complexity index is 401. The summed E-state index contributed by atoms with van der Waals surface area (Å²) in [5.74, 6) is 0. The molecule has 0 spiro atoms. The van der Waals surface area contributed by atoms with E-state index < -0.39 is 18.6 Å². The Morgan fingerprint density at radius 3 is 2.45 bits per heavy atom. The number of nitrogens with zero attached hydrogens (tertiary/aromatic N) is 1. The molecule has 1 unspecified atom stereocenters. The Hall–Kier alpha value is -1.07. The lowest BCUT2D eigenvalue weighted by Gasteiger charge is -2.23. The number of halogens is 3. The highest BCUT2D eigenvalue weighted by molar-refractivity contribution is 5.19. The van der Waals surface area contributed by atoms with Gasteiger partial charge in [0.2, 0.25) is 0 Å². The summed E-state index contributed by atoms with van der Waals surface area (Å²) in [5.41, 5.74) is 0.693. The molecule has 0 amide bonds. The van der Waals surface area contributed by atoms with Crippen molar-refractivity contribution in [2.75, 3.05) is 20.1 Å². The molecular formula is C15H21F3N2. The first-order valence-electron chi connectivity index (χ1n) is 7.01. The molecule has 1 aromatic rings. The van der Waals surface area contributed by atoms with E-state index in [0.717, 1.165) is 6.54 Å². The van der Waals surface area contributed by atoms with Gasteiger partial charge in [0.05, 0.1) is 6.42 Å². The standard InChI is InChI=1S/C15H21F3N2/c1-20(13-7-8-13)10-9-19-14(11-15(16,17)18)12-5-3-2-4-6-12/h2-6,13-14,19H,7-11H2,1H3. The Balaban J connectivity index is 1.88. The average Bonchev–Trinajstić information content (AvgIpc) is 3.21. The van der Waals surface area contributed by atoms with Crippen LogP contribution in [0, 0.1) is 0 Å². The van der Waals surface area contributed by atoms with Crippen LogP contribution in [0.5, 0.6) is 0 Å². The van der Waals surface area contributed by atoms with Gasteiger partial charge in [-0.3, -0.25) is 0 Å². The second-order valence-electron chi connectivity index (χ2n) is 5.45. The van der Waals surface area contributed by atoms with Crippen LogP contribution < -0.4 is 5.32 Å². The molecule has 0 aromatic heterocycles. The summed E-state index contributed by atoms with van der Waals surface area (Å²) >= 11 is 0. The van der Waals surface area contributed by atoms with Gasteiger partial charge < -0.3 is 10.2 Å². The summed E-state index contributed by atoms with van der Waals surface area (Å²) in [5, 5.41) is 3.04. The highest BCUT2D eigenvalue weighted by Gasteiger charge is 2.32. The molecule has 5 heteroatoms. The van der Waals surface area contributed by atoms with Gasteiger partial charge >= 0.3 is 6.18 Å². The lowest BCUT2D eigenvalue weighted by atomic mass is 10.0. The van der Waals surface area contributed by atoms with E-state index in [2.05, 4.69) is 10.2 Å². The van der Waals surface area contributed by atoms with Gasteiger partial charge in [-0.15, -0.1) is 0 Å².